The molecule has 0 saturated heterocycles. The van der Waals surface area contributed by atoms with E-state index in [1.807, 2.05) is 12.2 Å². The number of phosphoric ester groups is 1. The van der Waals surface area contributed by atoms with Crippen LogP contribution in [0.3, 0.4) is 0 Å². The first-order chi connectivity index (χ1) is 28.1. The van der Waals surface area contributed by atoms with E-state index >= 15 is 0 Å². The molecule has 0 amide bonds. The molecule has 332 valence electrons. The maximum Gasteiger partial charge on any atom is 0.472 e. The fourth-order valence-electron chi connectivity index (χ4n) is 5.45. The molecular weight excluding hydrogens is 757 g/mol. The van der Waals surface area contributed by atoms with Crippen LogP contribution < -0.4 is 5.73 Å². The van der Waals surface area contributed by atoms with E-state index < -0.39 is 51.1 Å². The minimum atomic E-state index is -4.74. The first kappa shape index (κ1) is 54.9. The second-order valence-corrected chi connectivity index (χ2v) is 15.9. The van der Waals surface area contributed by atoms with Crippen LogP contribution in [0.5, 0.6) is 0 Å². The minimum absolute atomic E-state index is 0.0472. The molecule has 0 aromatic carbocycles. The number of phosphoric acid groups is 1. The van der Waals surface area contributed by atoms with E-state index in [4.69, 9.17) is 24.8 Å². The summed E-state index contributed by atoms with van der Waals surface area (Å²) < 4.78 is 32.6. The summed E-state index contributed by atoms with van der Waals surface area (Å²) in [6, 6.07) is -1.53. The molecule has 0 spiro atoms. The summed E-state index contributed by atoms with van der Waals surface area (Å²) in [6.07, 6.45) is 48.4. The Kier molecular flexibility index (Phi) is 38.5. The number of esters is 2. The Morgan fingerprint density at radius 3 is 1.47 bits per heavy atom. The molecule has 0 bridgehead atoms. The van der Waals surface area contributed by atoms with E-state index in [0.29, 0.717) is 12.8 Å². The number of unbranched alkanes of at least 4 members (excludes halogenated alkanes) is 14. The standard InChI is InChI=1S/C46H78NO10P/c1-3-5-7-9-11-13-15-17-18-19-20-21-22-23-24-26-27-29-31-33-35-37-44(48)54-39-42(40-55-58(52,53)56-41-43(47)46(50)51)57-45(49)38-36-34-32-30-28-25-16-14-12-10-8-6-4-2/h11,13,17-18,20-21,23-25,28,32,34,42-43H,3-10,12,14-16,19,22,26-27,29-31,33,35-41,47H2,1-2H3,(H,50,51)(H,52,53)/b13-11+,18-17+,21-20+,24-23+,28-25+,34-32+/t42?,43-/m0/s1. The summed E-state index contributed by atoms with van der Waals surface area (Å²) in [6.45, 7) is 2.67. The van der Waals surface area contributed by atoms with Gasteiger partial charge in [0, 0.05) is 12.8 Å². The van der Waals surface area contributed by atoms with Gasteiger partial charge in [-0.05, 0) is 77.0 Å². The van der Waals surface area contributed by atoms with E-state index in [2.05, 4.69) is 79.1 Å². The number of nitrogens with two attached hydrogens (primary N) is 1. The van der Waals surface area contributed by atoms with Crippen LogP contribution in [0.25, 0.3) is 0 Å². The fourth-order valence-corrected chi connectivity index (χ4v) is 6.23. The van der Waals surface area contributed by atoms with Crippen molar-refractivity contribution in [3.8, 4) is 0 Å². The molecule has 4 N–H and O–H groups in total. The van der Waals surface area contributed by atoms with Crippen LogP contribution in [0.2, 0.25) is 0 Å². The van der Waals surface area contributed by atoms with Gasteiger partial charge in [-0.2, -0.15) is 0 Å². The van der Waals surface area contributed by atoms with Crippen molar-refractivity contribution in [2.24, 2.45) is 5.73 Å². The number of carbonyl (C=O) groups is 3. The highest BCUT2D eigenvalue weighted by Crippen LogP contribution is 2.43. The predicted octanol–water partition coefficient (Wildman–Crippen LogP) is 11.7. The van der Waals surface area contributed by atoms with Crippen LogP contribution in [0.1, 0.15) is 168 Å². The maximum absolute atomic E-state index is 12.6. The third-order valence-electron chi connectivity index (χ3n) is 8.94. The molecule has 0 aromatic heterocycles. The average molecular weight is 836 g/mol. The molecule has 0 aromatic rings. The lowest BCUT2D eigenvalue weighted by Gasteiger charge is -2.20. The minimum Gasteiger partial charge on any atom is -0.480 e. The zero-order valence-corrected chi connectivity index (χ0v) is 36.8. The van der Waals surface area contributed by atoms with Gasteiger partial charge in [-0.25, -0.2) is 4.57 Å². The number of rotatable bonds is 40. The Hall–Kier alpha value is -3.08. The summed E-state index contributed by atoms with van der Waals surface area (Å²) in [4.78, 5) is 45.9. The van der Waals surface area contributed by atoms with Crippen LogP contribution >= 0.6 is 7.82 Å². The van der Waals surface area contributed by atoms with Gasteiger partial charge in [0.1, 0.15) is 12.6 Å². The van der Waals surface area contributed by atoms with E-state index in [0.717, 1.165) is 64.2 Å². The fraction of sp³-hybridized carbons (Fsp3) is 0.674. The van der Waals surface area contributed by atoms with Crippen LogP contribution in [0.4, 0.5) is 0 Å². The van der Waals surface area contributed by atoms with E-state index in [9.17, 15) is 23.8 Å². The number of allylic oxidation sites excluding steroid dienone is 12. The zero-order valence-electron chi connectivity index (χ0n) is 35.9. The third-order valence-corrected chi connectivity index (χ3v) is 9.89. The maximum atomic E-state index is 12.6. The second-order valence-electron chi connectivity index (χ2n) is 14.5. The molecule has 0 fully saturated rings. The monoisotopic (exact) mass is 836 g/mol. The molecular formula is C46H78NO10P. The summed E-state index contributed by atoms with van der Waals surface area (Å²) in [5.74, 6) is -2.49. The van der Waals surface area contributed by atoms with Crippen LogP contribution in [0.15, 0.2) is 72.9 Å². The van der Waals surface area contributed by atoms with Crippen molar-refractivity contribution in [3.05, 3.63) is 72.9 Å². The van der Waals surface area contributed by atoms with Gasteiger partial charge in [0.25, 0.3) is 0 Å². The molecule has 0 aliphatic rings. The number of ether oxygens (including phenoxy) is 2. The van der Waals surface area contributed by atoms with E-state index in [-0.39, 0.29) is 19.4 Å². The van der Waals surface area contributed by atoms with Crippen molar-refractivity contribution in [2.75, 3.05) is 19.8 Å². The van der Waals surface area contributed by atoms with Crippen molar-refractivity contribution < 1.29 is 47.5 Å². The summed E-state index contributed by atoms with van der Waals surface area (Å²) in [7, 11) is -4.74. The van der Waals surface area contributed by atoms with Gasteiger partial charge in [-0.1, -0.05) is 151 Å². The van der Waals surface area contributed by atoms with Gasteiger partial charge in [-0.15, -0.1) is 0 Å². The van der Waals surface area contributed by atoms with E-state index in [1.54, 1.807) is 0 Å². The average Bonchev–Trinajstić information content (AvgIpc) is 3.20. The Labute approximate surface area is 350 Å². The molecule has 58 heavy (non-hydrogen) atoms. The number of hydrogen-bond donors (Lipinski definition) is 3. The largest absolute Gasteiger partial charge is 0.480 e. The van der Waals surface area contributed by atoms with Gasteiger partial charge in [0.15, 0.2) is 6.10 Å². The van der Waals surface area contributed by atoms with Crippen molar-refractivity contribution in [2.45, 2.75) is 180 Å². The first-order valence-electron chi connectivity index (χ1n) is 22.0. The lowest BCUT2D eigenvalue weighted by Crippen LogP contribution is -2.34. The molecule has 0 rings (SSSR count). The van der Waals surface area contributed by atoms with Gasteiger partial charge >= 0.3 is 25.7 Å². The first-order valence-corrected chi connectivity index (χ1v) is 23.5. The molecule has 0 radical (unpaired) electrons. The SMILES string of the molecule is CCCCC/C=C/C/C=C/C/C=C/C/C=C/CCCCCCCC(=O)OCC(COP(=O)(O)OC[C@H](N)C(=O)O)OC(=O)CC/C=C/C/C=C/CCCCCCCC. The summed E-state index contributed by atoms with van der Waals surface area (Å²) >= 11 is 0. The topological polar surface area (TPSA) is 172 Å². The summed E-state index contributed by atoms with van der Waals surface area (Å²) in [5.41, 5.74) is 5.32. The number of carboxylic acid groups (broad SMARTS) is 1. The second kappa shape index (κ2) is 40.7. The lowest BCUT2D eigenvalue weighted by atomic mass is 10.1. The molecule has 12 heteroatoms. The third kappa shape index (κ3) is 39.7. The Balaban J connectivity index is 4.43. The lowest BCUT2D eigenvalue weighted by molar-refractivity contribution is -0.161. The smallest absolute Gasteiger partial charge is 0.472 e. The van der Waals surface area contributed by atoms with E-state index in [1.165, 1.54) is 64.2 Å². The normalized spacial score (nSPS) is 14.4. The predicted molar refractivity (Wildman–Crippen MR) is 235 cm³/mol. The highest BCUT2D eigenvalue weighted by molar-refractivity contribution is 7.47. The molecule has 3 atom stereocenters. The highest BCUT2D eigenvalue weighted by Gasteiger charge is 2.28. The van der Waals surface area contributed by atoms with Crippen LogP contribution in [-0.4, -0.2) is 59.9 Å². The highest BCUT2D eigenvalue weighted by atomic mass is 31.2. The van der Waals surface area contributed by atoms with Crippen molar-refractivity contribution in [1.29, 1.82) is 0 Å². The van der Waals surface area contributed by atoms with Crippen molar-refractivity contribution in [3.63, 3.8) is 0 Å². The Morgan fingerprint density at radius 2 is 0.948 bits per heavy atom. The number of hydrogen-bond acceptors (Lipinski definition) is 9. The Bertz CT molecular complexity index is 1260. The summed E-state index contributed by atoms with van der Waals surface area (Å²) in [5, 5.41) is 8.88. The Morgan fingerprint density at radius 1 is 0.534 bits per heavy atom. The quantitative estimate of drug-likeness (QED) is 0.0232. The van der Waals surface area contributed by atoms with Crippen molar-refractivity contribution in [1.82, 2.24) is 0 Å². The molecule has 0 saturated carbocycles. The van der Waals surface area contributed by atoms with Crippen molar-refractivity contribution >= 4 is 25.7 Å². The van der Waals surface area contributed by atoms with Crippen LogP contribution in [-0.2, 0) is 37.5 Å². The number of carboxylic acids is 1. The molecule has 2 unspecified atom stereocenters. The number of aliphatic carboxylic acids is 1. The van der Waals surface area contributed by atoms with Gasteiger partial charge in [-0.3, -0.25) is 23.4 Å². The van der Waals surface area contributed by atoms with Gasteiger partial charge < -0.3 is 25.2 Å². The number of carbonyl (C=O) groups excluding carboxylic acids is 2. The van der Waals surface area contributed by atoms with Gasteiger partial charge in [0.05, 0.1) is 13.2 Å². The zero-order chi connectivity index (χ0) is 42.8. The molecule has 0 heterocycles. The van der Waals surface area contributed by atoms with Crippen LogP contribution in [0, 0.1) is 0 Å². The molecule has 11 nitrogen and oxygen atoms in total. The molecule has 0 aliphatic heterocycles. The molecule has 0 aliphatic carbocycles. The van der Waals surface area contributed by atoms with Gasteiger partial charge in [0.2, 0.25) is 0 Å².